The van der Waals surface area contributed by atoms with Gasteiger partial charge in [-0.15, -0.1) is 0 Å². The predicted octanol–water partition coefficient (Wildman–Crippen LogP) is 2.54. The number of benzene rings is 1. The zero-order chi connectivity index (χ0) is 20.5. The van der Waals surface area contributed by atoms with Crippen molar-refractivity contribution in [2.24, 2.45) is 4.99 Å². The van der Waals surface area contributed by atoms with Crippen LogP contribution in [0.25, 0.3) is 0 Å². The molecule has 2 amide bonds. The van der Waals surface area contributed by atoms with Crippen molar-refractivity contribution >= 4 is 35.1 Å². The molecule has 1 heterocycles. The largest absolute Gasteiger partial charge is 0.357 e. The number of aryl methyl sites for hydroxylation is 1. The Morgan fingerprint density at radius 1 is 1.32 bits per heavy atom. The second-order valence-electron chi connectivity index (χ2n) is 6.87. The maximum Gasteiger partial charge on any atom is 0.226 e. The third-order valence-corrected chi connectivity index (χ3v) is 4.85. The highest BCUT2D eigenvalue weighted by molar-refractivity contribution is 6.33. The van der Waals surface area contributed by atoms with E-state index in [1.54, 1.807) is 6.07 Å². The number of aliphatic imine (C=N–C) groups is 1. The first-order chi connectivity index (χ1) is 13.4. The Morgan fingerprint density at radius 3 is 2.79 bits per heavy atom. The molecule has 1 saturated heterocycles. The third-order valence-electron chi connectivity index (χ3n) is 4.54. The summed E-state index contributed by atoms with van der Waals surface area (Å²) in [5, 5.41) is 9.89. The van der Waals surface area contributed by atoms with E-state index in [4.69, 9.17) is 11.6 Å². The van der Waals surface area contributed by atoms with Gasteiger partial charge in [0.2, 0.25) is 11.8 Å². The minimum atomic E-state index is -0.133. The van der Waals surface area contributed by atoms with Gasteiger partial charge in [-0.3, -0.25) is 14.6 Å². The van der Waals surface area contributed by atoms with Gasteiger partial charge in [-0.1, -0.05) is 24.6 Å². The van der Waals surface area contributed by atoms with Gasteiger partial charge >= 0.3 is 0 Å². The van der Waals surface area contributed by atoms with Crippen molar-refractivity contribution in [3.63, 3.8) is 0 Å². The lowest BCUT2D eigenvalue weighted by molar-refractivity contribution is -0.129. The number of amides is 2. The van der Waals surface area contributed by atoms with E-state index in [2.05, 4.69) is 20.9 Å². The quantitative estimate of drug-likeness (QED) is 0.479. The molecular formula is C20H30ClN5O2. The van der Waals surface area contributed by atoms with Crippen LogP contribution in [-0.2, 0) is 9.59 Å². The second-order valence-corrected chi connectivity index (χ2v) is 7.27. The van der Waals surface area contributed by atoms with Crippen LogP contribution >= 0.6 is 11.6 Å². The normalized spacial score (nSPS) is 16.8. The molecule has 154 valence electrons. The Hall–Kier alpha value is -2.28. The Morgan fingerprint density at radius 2 is 2.11 bits per heavy atom. The van der Waals surface area contributed by atoms with E-state index in [1.165, 1.54) is 0 Å². The molecule has 1 aliphatic heterocycles. The number of nitrogens with zero attached hydrogens (tertiary/aromatic N) is 2. The zero-order valence-corrected chi connectivity index (χ0v) is 17.6. The molecule has 8 heteroatoms. The maximum atomic E-state index is 12.2. The summed E-state index contributed by atoms with van der Waals surface area (Å²) in [6.45, 7) is 8.35. The number of carbonyl (C=O) groups is 2. The van der Waals surface area contributed by atoms with Gasteiger partial charge < -0.3 is 20.9 Å². The Kier molecular flexibility index (Phi) is 8.57. The van der Waals surface area contributed by atoms with Crippen molar-refractivity contribution in [2.45, 2.75) is 46.1 Å². The first-order valence-corrected chi connectivity index (χ1v) is 10.2. The lowest BCUT2D eigenvalue weighted by Crippen LogP contribution is -2.45. The van der Waals surface area contributed by atoms with Crippen molar-refractivity contribution in [2.75, 3.05) is 31.5 Å². The van der Waals surface area contributed by atoms with Crippen molar-refractivity contribution in [1.29, 1.82) is 0 Å². The van der Waals surface area contributed by atoms with E-state index in [0.717, 1.165) is 25.1 Å². The van der Waals surface area contributed by atoms with Crippen molar-refractivity contribution < 1.29 is 9.59 Å². The fourth-order valence-electron chi connectivity index (χ4n) is 3.05. The fraction of sp³-hybridized carbons (Fsp3) is 0.550. The van der Waals surface area contributed by atoms with Crippen LogP contribution in [0, 0.1) is 6.92 Å². The van der Waals surface area contributed by atoms with Crippen LogP contribution in [0.4, 0.5) is 5.69 Å². The predicted molar refractivity (Wildman–Crippen MR) is 114 cm³/mol. The van der Waals surface area contributed by atoms with E-state index in [0.29, 0.717) is 36.2 Å². The van der Waals surface area contributed by atoms with Gasteiger partial charge in [0.05, 0.1) is 17.3 Å². The number of hydrogen-bond acceptors (Lipinski definition) is 3. The molecule has 0 saturated carbocycles. The molecular weight excluding hydrogens is 378 g/mol. The highest BCUT2D eigenvalue weighted by Crippen LogP contribution is 2.22. The summed E-state index contributed by atoms with van der Waals surface area (Å²) >= 11 is 6.15. The Bertz CT molecular complexity index is 723. The number of rotatable bonds is 7. The van der Waals surface area contributed by atoms with Crippen LogP contribution in [0.5, 0.6) is 0 Å². The first kappa shape index (κ1) is 22.0. The molecule has 0 bridgehead atoms. The number of anilines is 1. The van der Waals surface area contributed by atoms with E-state index >= 15 is 0 Å². The highest BCUT2D eigenvalue weighted by atomic mass is 35.5. The summed E-state index contributed by atoms with van der Waals surface area (Å²) < 4.78 is 0. The smallest absolute Gasteiger partial charge is 0.226 e. The van der Waals surface area contributed by atoms with Crippen LogP contribution in [0.1, 0.15) is 38.7 Å². The molecule has 1 aromatic rings. The first-order valence-electron chi connectivity index (χ1n) is 9.81. The van der Waals surface area contributed by atoms with Crippen LogP contribution in [0.2, 0.25) is 5.02 Å². The van der Waals surface area contributed by atoms with Gasteiger partial charge in [0, 0.05) is 38.5 Å². The van der Waals surface area contributed by atoms with Crippen LogP contribution in [0.15, 0.2) is 23.2 Å². The number of guanidine groups is 1. The molecule has 0 aromatic heterocycles. The molecule has 0 radical (unpaired) electrons. The number of halogens is 1. The van der Waals surface area contributed by atoms with Gasteiger partial charge in [0.1, 0.15) is 0 Å². The van der Waals surface area contributed by atoms with Gasteiger partial charge in [-0.25, -0.2) is 0 Å². The number of nitrogens with one attached hydrogen (secondary N) is 3. The van der Waals surface area contributed by atoms with Crippen molar-refractivity contribution in [1.82, 2.24) is 15.5 Å². The van der Waals surface area contributed by atoms with E-state index in [9.17, 15) is 9.59 Å². The van der Waals surface area contributed by atoms with Crippen LogP contribution < -0.4 is 16.0 Å². The van der Waals surface area contributed by atoms with Crippen LogP contribution in [-0.4, -0.2) is 54.9 Å². The molecule has 0 spiro atoms. The highest BCUT2D eigenvalue weighted by Gasteiger charge is 2.25. The van der Waals surface area contributed by atoms with E-state index in [-0.39, 0.29) is 24.3 Å². The number of carbonyl (C=O) groups excluding carboxylic acids is 2. The summed E-state index contributed by atoms with van der Waals surface area (Å²) in [5.74, 6) is 0.711. The molecule has 1 aliphatic rings. The van der Waals surface area contributed by atoms with Gasteiger partial charge in [-0.2, -0.15) is 0 Å². The monoisotopic (exact) mass is 407 g/mol. The topological polar surface area (TPSA) is 85.8 Å². The summed E-state index contributed by atoms with van der Waals surface area (Å²) in [5.41, 5.74) is 1.65. The molecule has 3 N–H and O–H groups in total. The van der Waals surface area contributed by atoms with Gasteiger partial charge in [-0.05, 0) is 38.0 Å². The van der Waals surface area contributed by atoms with Gasteiger partial charge in [0.25, 0.3) is 0 Å². The van der Waals surface area contributed by atoms with Gasteiger partial charge in [0.15, 0.2) is 5.96 Å². The molecule has 2 rings (SSSR count). The number of likely N-dealkylation sites (tertiary alicyclic amines) is 1. The average molecular weight is 408 g/mol. The molecule has 1 fully saturated rings. The Labute approximate surface area is 171 Å². The molecule has 1 aromatic carbocycles. The average Bonchev–Trinajstić information content (AvgIpc) is 3.12. The van der Waals surface area contributed by atoms with E-state index in [1.807, 2.05) is 37.8 Å². The summed E-state index contributed by atoms with van der Waals surface area (Å²) in [4.78, 5) is 30.3. The molecule has 7 nitrogen and oxygen atoms in total. The summed E-state index contributed by atoms with van der Waals surface area (Å²) in [6.07, 6.45) is 1.68. The van der Waals surface area contributed by atoms with E-state index < -0.39 is 0 Å². The maximum absolute atomic E-state index is 12.2. The minimum absolute atomic E-state index is 0.133. The summed E-state index contributed by atoms with van der Waals surface area (Å²) in [6, 6.07) is 5.69. The standard InChI is InChI=1S/C20H30ClN5O2/c1-4-19(28)26-11-9-15(13-26)24-20(22-5-2)23-10-8-18(27)25-17-7-6-14(3)12-16(17)21/h6-7,12,15H,4-5,8-11,13H2,1-3H3,(H,25,27)(H2,22,23,24). The fourth-order valence-corrected chi connectivity index (χ4v) is 3.33. The number of hydrogen-bond donors (Lipinski definition) is 3. The van der Waals surface area contributed by atoms with Crippen molar-refractivity contribution in [3.05, 3.63) is 28.8 Å². The summed E-state index contributed by atoms with van der Waals surface area (Å²) in [7, 11) is 0. The second kappa shape index (κ2) is 10.9. The van der Waals surface area contributed by atoms with Crippen LogP contribution in [0.3, 0.4) is 0 Å². The SMILES string of the molecule is CCNC(=NCCC(=O)Nc1ccc(C)cc1Cl)NC1CCN(C(=O)CC)C1. The Balaban J connectivity index is 1.83. The molecule has 1 unspecified atom stereocenters. The van der Waals surface area contributed by atoms with Crippen molar-refractivity contribution in [3.8, 4) is 0 Å². The molecule has 0 aliphatic carbocycles. The molecule has 28 heavy (non-hydrogen) atoms. The minimum Gasteiger partial charge on any atom is -0.357 e. The molecule has 1 atom stereocenters. The lowest BCUT2D eigenvalue weighted by Gasteiger charge is -2.18. The zero-order valence-electron chi connectivity index (χ0n) is 16.8. The third kappa shape index (κ3) is 6.71. The lowest BCUT2D eigenvalue weighted by atomic mass is 10.2.